The number of hydrogen-bond donors (Lipinski definition) is 2. The number of aromatic amines is 1. The molecule has 172 valence electrons. The summed E-state index contributed by atoms with van der Waals surface area (Å²) in [5.41, 5.74) is 7.34. The summed E-state index contributed by atoms with van der Waals surface area (Å²) in [5, 5.41) is 18.0. The number of nitrogens with one attached hydrogen (secondary N) is 1. The highest BCUT2D eigenvalue weighted by atomic mass is 16.4. The topological polar surface area (TPSA) is 89.8 Å². The van der Waals surface area contributed by atoms with Gasteiger partial charge in [0.05, 0.1) is 11.4 Å². The Morgan fingerprint density at radius 1 is 0.722 bits per heavy atom. The first kappa shape index (κ1) is 22.6. The van der Waals surface area contributed by atoms with E-state index >= 15 is 0 Å². The quantitative estimate of drug-likeness (QED) is 0.206. The lowest BCUT2D eigenvalue weighted by Crippen LogP contribution is -1.97. The van der Waals surface area contributed by atoms with Crippen molar-refractivity contribution < 1.29 is 9.90 Å². The monoisotopic (exact) mass is 467 g/mol. The molecule has 5 heteroatoms. The zero-order valence-electron chi connectivity index (χ0n) is 19.2. The van der Waals surface area contributed by atoms with Crippen molar-refractivity contribution in [1.82, 2.24) is 9.97 Å². The number of rotatable bonds is 6. The van der Waals surface area contributed by atoms with Crippen LogP contribution >= 0.6 is 0 Å². The van der Waals surface area contributed by atoms with Crippen LogP contribution in [0.4, 0.5) is 0 Å². The number of hydrogen-bond acceptors (Lipinski definition) is 3. The third-order valence-electron chi connectivity index (χ3n) is 5.88. The Morgan fingerprint density at radius 2 is 1.25 bits per heavy atom. The van der Waals surface area contributed by atoms with Gasteiger partial charge < -0.3 is 10.1 Å². The van der Waals surface area contributed by atoms with E-state index in [2.05, 4.69) is 29.2 Å². The average molecular weight is 468 g/mol. The minimum atomic E-state index is -1.24. The summed E-state index contributed by atoms with van der Waals surface area (Å²) in [6.45, 7) is 0. The van der Waals surface area contributed by atoms with Gasteiger partial charge >= 0.3 is 5.97 Å². The molecule has 0 aliphatic heterocycles. The minimum Gasteiger partial charge on any atom is -0.477 e. The van der Waals surface area contributed by atoms with Crippen molar-refractivity contribution in [3.05, 3.63) is 120 Å². The molecule has 4 aromatic carbocycles. The SMILES string of the molecule is N#C/C(=C/c1ccc(-c2ccc(-c3nc(-c4ccccc4)c(-c4ccccc4)[nH]3)cc2)cc1)C(=O)O. The van der Waals surface area contributed by atoms with Crippen molar-refractivity contribution >= 4 is 12.0 Å². The molecule has 5 rings (SSSR count). The molecule has 0 unspecified atom stereocenters. The van der Waals surface area contributed by atoms with Gasteiger partial charge in [-0.3, -0.25) is 0 Å². The summed E-state index contributed by atoms with van der Waals surface area (Å²) >= 11 is 0. The van der Waals surface area contributed by atoms with Crippen molar-refractivity contribution in [2.45, 2.75) is 0 Å². The van der Waals surface area contributed by atoms with Crippen LogP contribution in [0.15, 0.2) is 115 Å². The van der Waals surface area contributed by atoms with E-state index < -0.39 is 5.97 Å². The van der Waals surface area contributed by atoms with Crippen LogP contribution in [0.2, 0.25) is 0 Å². The Morgan fingerprint density at radius 3 is 1.81 bits per heavy atom. The first-order valence-corrected chi connectivity index (χ1v) is 11.4. The standard InChI is InChI=1S/C31H21N3O2/c32-20-27(31(35)36)19-21-11-13-22(14-12-21)23-15-17-26(18-16-23)30-33-28(24-7-3-1-4-8-24)29(34-30)25-9-5-2-6-10-25/h1-19H,(H,33,34)(H,35,36)/b27-19-. The van der Waals surface area contributed by atoms with E-state index in [0.29, 0.717) is 5.56 Å². The van der Waals surface area contributed by atoms with Crippen molar-refractivity contribution in [2.24, 2.45) is 0 Å². The maximum Gasteiger partial charge on any atom is 0.346 e. The van der Waals surface area contributed by atoms with Crippen LogP contribution in [0.25, 0.3) is 51.1 Å². The molecular formula is C31H21N3O2. The lowest BCUT2D eigenvalue weighted by Gasteiger charge is -2.04. The van der Waals surface area contributed by atoms with Gasteiger partial charge in [-0.25, -0.2) is 9.78 Å². The highest BCUT2D eigenvalue weighted by Crippen LogP contribution is 2.33. The number of H-pyrrole nitrogens is 1. The number of carboxylic acids is 1. The molecule has 1 heterocycles. The maximum absolute atomic E-state index is 11.1. The van der Waals surface area contributed by atoms with Crippen LogP contribution in [0, 0.1) is 11.3 Å². The molecule has 0 spiro atoms. The van der Waals surface area contributed by atoms with Gasteiger partial charge in [0.25, 0.3) is 0 Å². The number of carbonyl (C=O) groups is 1. The average Bonchev–Trinajstić information content (AvgIpc) is 3.39. The molecule has 5 aromatic rings. The molecule has 2 N–H and O–H groups in total. The fourth-order valence-electron chi connectivity index (χ4n) is 4.03. The molecule has 0 aliphatic carbocycles. The van der Waals surface area contributed by atoms with Gasteiger partial charge in [-0.15, -0.1) is 0 Å². The van der Waals surface area contributed by atoms with E-state index in [1.165, 1.54) is 6.08 Å². The number of benzene rings is 4. The summed E-state index contributed by atoms with van der Waals surface area (Å²) in [7, 11) is 0. The van der Waals surface area contributed by atoms with Crippen LogP contribution < -0.4 is 0 Å². The zero-order valence-corrected chi connectivity index (χ0v) is 19.2. The third kappa shape index (κ3) is 4.70. The van der Waals surface area contributed by atoms with E-state index in [4.69, 9.17) is 15.4 Å². The Hall–Kier alpha value is -5.21. The van der Waals surface area contributed by atoms with E-state index in [9.17, 15) is 4.79 Å². The Bertz CT molecular complexity index is 1520. The molecular weight excluding hydrogens is 446 g/mol. The van der Waals surface area contributed by atoms with Crippen LogP contribution in [-0.2, 0) is 4.79 Å². The predicted molar refractivity (Wildman–Crippen MR) is 142 cm³/mol. The number of imidazole rings is 1. The summed E-state index contributed by atoms with van der Waals surface area (Å²) in [6.07, 6.45) is 1.36. The fraction of sp³-hybridized carbons (Fsp3) is 0. The number of nitrogens with zero attached hydrogens (tertiary/aromatic N) is 2. The number of aromatic nitrogens is 2. The third-order valence-corrected chi connectivity index (χ3v) is 5.88. The van der Waals surface area contributed by atoms with Crippen molar-refractivity contribution in [3.63, 3.8) is 0 Å². The first-order chi connectivity index (χ1) is 17.6. The molecule has 0 saturated carbocycles. The molecule has 36 heavy (non-hydrogen) atoms. The van der Waals surface area contributed by atoms with Gasteiger partial charge in [0.2, 0.25) is 0 Å². The van der Waals surface area contributed by atoms with Gasteiger partial charge in [-0.2, -0.15) is 5.26 Å². The lowest BCUT2D eigenvalue weighted by atomic mass is 10.0. The van der Waals surface area contributed by atoms with Gasteiger partial charge in [0.1, 0.15) is 17.5 Å². The summed E-state index contributed by atoms with van der Waals surface area (Å²) < 4.78 is 0. The largest absolute Gasteiger partial charge is 0.477 e. The van der Waals surface area contributed by atoms with E-state index in [-0.39, 0.29) is 5.57 Å². The molecule has 0 radical (unpaired) electrons. The number of nitriles is 1. The summed E-state index contributed by atoms with van der Waals surface area (Å²) in [5.74, 6) is -0.446. The van der Waals surface area contributed by atoms with Gasteiger partial charge in [0.15, 0.2) is 0 Å². The molecule has 0 amide bonds. The van der Waals surface area contributed by atoms with Gasteiger partial charge in [-0.1, -0.05) is 109 Å². The molecule has 5 nitrogen and oxygen atoms in total. The minimum absolute atomic E-state index is 0.296. The molecule has 0 saturated heterocycles. The highest BCUT2D eigenvalue weighted by Gasteiger charge is 2.15. The highest BCUT2D eigenvalue weighted by molar-refractivity contribution is 5.96. The van der Waals surface area contributed by atoms with Crippen molar-refractivity contribution in [1.29, 1.82) is 5.26 Å². The molecule has 0 atom stereocenters. The van der Waals surface area contributed by atoms with Crippen LogP contribution in [-0.4, -0.2) is 21.0 Å². The first-order valence-electron chi connectivity index (χ1n) is 11.4. The lowest BCUT2D eigenvalue weighted by molar-refractivity contribution is -0.132. The van der Waals surface area contributed by atoms with Crippen molar-refractivity contribution in [3.8, 4) is 51.1 Å². The Labute approximate surface area is 208 Å². The van der Waals surface area contributed by atoms with Crippen molar-refractivity contribution in [2.75, 3.05) is 0 Å². The zero-order chi connectivity index (χ0) is 24.9. The normalized spacial score (nSPS) is 11.1. The van der Waals surface area contributed by atoms with Gasteiger partial charge in [0, 0.05) is 16.7 Å². The second kappa shape index (κ2) is 9.96. The molecule has 1 aromatic heterocycles. The molecule has 0 aliphatic rings. The summed E-state index contributed by atoms with van der Waals surface area (Å²) in [6, 6.07) is 37.6. The predicted octanol–water partition coefficient (Wildman–Crippen LogP) is 7.07. The van der Waals surface area contributed by atoms with E-state index in [1.807, 2.05) is 72.8 Å². The second-order valence-corrected chi connectivity index (χ2v) is 8.22. The number of carboxylic acid groups (broad SMARTS) is 1. The van der Waals surface area contributed by atoms with Crippen LogP contribution in [0.5, 0.6) is 0 Å². The second-order valence-electron chi connectivity index (χ2n) is 8.22. The Kier molecular flexibility index (Phi) is 6.25. The number of aliphatic carboxylic acids is 1. The Balaban J connectivity index is 1.46. The smallest absolute Gasteiger partial charge is 0.346 e. The fourth-order valence-corrected chi connectivity index (χ4v) is 4.03. The van der Waals surface area contributed by atoms with Crippen LogP contribution in [0.3, 0.4) is 0 Å². The van der Waals surface area contributed by atoms with Crippen LogP contribution in [0.1, 0.15) is 5.56 Å². The van der Waals surface area contributed by atoms with E-state index in [1.54, 1.807) is 18.2 Å². The molecule has 0 bridgehead atoms. The van der Waals surface area contributed by atoms with Gasteiger partial charge in [-0.05, 0) is 22.8 Å². The van der Waals surface area contributed by atoms with E-state index in [0.717, 1.165) is 45.0 Å². The summed E-state index contributed by atoms with van der Waals surface area (Å²) in [4.78, 5) is 19.5. The maximum atomic E-state index is 11.1. The molecule has 0 fully saturated rings.